The van der Waals surface area contributed by atoms with Crippen molar-refractivity contribution in [1.82, 2.24) is 14.4 Å². The van der Waals surface area contributed by atoms with E-state index in [9.17, 15) is 44.7 Å². The lowest BCUT2D eigenvalue weighted by Gasteiger charge is -2.11. The van der Waals surface area contributed by atoms with Crippen LogP contribution in [0.15, 0.2) is 139 Å². The number of aryl methyl sites for hydroxylation is 1. The Morgan fingerprint density at radius 1 is 0.778 bits per heavy atom. The molecule has 0 fully saturated rings. The normalized spacial score (nSPS) is 12.0. The van der Waals surface area contributed by atoms with Gasteiger partial charge in [-0.05, 0) is 67.6 Å². The molecule has 8 aromatic rings. The summed E-state index contributed by atoms with van der Waals surface area (Å²) in [6.45, 7) is 3.21. The van der Waals surface area contributed by atoms with E-state index >= 15 is 0 Å². The minimum absolute atomic E-state index is 0.00959. The first-order valence-corrected chi connectivity index (χ1v) is 26.9. The highest BCUT2D eigenvalue weighted by molar-refractivity contribution is 7.86. The van der Waals surface area contributed by atoms with Crippen LogP contribution >= 0.6 is 11.3 Å². The van der Waals surface area contributed by atoms with Crippen LogP contribution < -0.4 is 4.74 Å². The van der Waals surface area contributed by atoms with Crippen LogP contribution in [0.4, 0.5) is 32.9 Å². The number of pyridine rings is 1. The molecule has 5 aromatic carbocycles. The van der Waals surface area contributed by atoms with E-state index in [1.165, 1.54) is 28.7 Å². The zero-order valence-corrected chi connectivity index (χ0v) is 41.4. The van der Waals surface area contributed by atoms with Crippen LogP contribution in [0.3, 0.4) is 0 Å². The maximum absolute atomic E-state index is 12.1. The average molecular weight is 1080 g/mol. The van der Waals surface area contributed by atoms with E-state index in [0.29, 0.717) is 61.4 Å². The second kappa shape index (κ2) is 22.5. The number of azo groups is 3. The number of para-hydroxylation sites is 2. The summed E-state index contributed by atoms with van der Waals surface area (Å²) in [6.07, 6.45) is 0.655. The first kappa shape index (κ1) is 53.5. The molecule has 0 amide bonds. The monoisotopic (exact) mass is 1080 g/mol. The Morgan fingerprint density at radius 3 is 2.11 bits per heavy atom. The topological polar surface area (TPSA) is 372 Å². The van der Waals surface area contributed by atoms with E-state index < -0.39 is 46.7 Å². The average Bonchev–Trinajstić information content (AvgIpc) is 3.90. The fraction of sp³-hybridized carbons (Fsp3) is 0.140. The number of thiazole rings is 1. The lowest BCUT2D eigenvalue weighted by atomic mass is 10.1. The fourth-order valence-corrected chi connectivity index (χ4v) is 8.55. The van der Waals surface area contributed by atoms with Crippen molar-refractivity contribution >= 4 is 113 Å². The van der Waals surface area contributed by atoms with E-state index in [0.717, 1.165) is 11.3 Å². The van der Waals surface area contributed by atoms with E-state index in [-0.39, 0.29) is 62.7 Å². The molecular formula is C43H36N10O14S5. The largest absolute Gasteiger partial charge is 0.493 e. The predicted molar refractivity (Wildman–Crippen MR) is 263 cm³/mol. The molecule has 0 spiro atoms. The number of hydrogen-bond acceptors (Lipinski definition) is 21. The maximum atomic E-state index is 12.1. The Hall–Kier alpha value is -7.82. The summed E-state index contributed by atoms with van der Waals surface area (Å²) in [7, 11) is -15.5. The minimum atomic E-state index is -4.51. The Kier molecular flexibility index (Phi) is 16.7. The van der Waals surface area contributed by atoms with Crippen LogP contribution in [0.2, 0.25) is 0 Å². The molecule has 0 unspecified atom stereocenters. The van der Waals surface area contributed by atoms with E-state index in [4.69, 9.17) is 21.9 Å². The summed E-state index contributed by atoms with van der Waals surface area (Å²) in [5.41, 5.74) is 4.45. The van der Waals surface area contributed by atoms with Crippen molar-refractivity contribution in [3.63, 3.8) is 0 Å². The van der Waals surface area contributed by atoms with Gasteiger partial charge in [-0.25, -0.2) is 9.97 Å². The highest BCUT2D eigenvalue weighted by Crippen LogP contribution is 2.43. The van der Waals surface area contributed by atoms with Crippen LogP contribution in [0.25, 0.3) is 38.7 Å². The van der Waals surface area contributed by atoms with Crippen LogP contribution in [-0.4, -0.2) is 89.6 Å². The van der Waals surface area contributed by atoms with Gasteiger partial charge < -0.3 is 9.84 Å². The predicted octanol–water partition coefficient (Wildman–Crippen LogP) is 9.61. The Morgan fingerprint density at radius 2 is 1.44 bits per heavy atom. The minimum Gasteiger partial charge on any atom is -0.493 e. The van der Waals surface area contributed by atoms with E-state index in [2.05, 4.69) is 46.7 Å². The molecule has 3 aromatic heterocycles. The van der Waals surface area contributed by atoms with Gasteiger partial charge in [-0.2, -0.15) is 30.5 Å². The molecule has 0 aliphatic rings. The highest BCUT2D eigenvalue weighted by Gasteiger charge is 2.22. The number of nitriles is 1. The zero-order chi connectivity index (χ0) is 52.5. The second-order valence-corrected chi connectivity index (χ2v) is 20.6. The van der Waals surface area contributed by atoms with Crippen LogP contribution in [0.5, 0.6) is 11.6 Å². The van der Waals surface area contributed by atoms with Crippen molar-refractivity contribution in [2.75, 3.05) is 18.6 Å². The third-order valence-electron chi connectivity index (χ3n) is 9.64. The second-order valence-electron chi connectivity index (χ2n) is 14.8. The third kappa shape index (κ3) is 13.9. The van der Waals surface area contributed by atoms with E-state index in [1.807, 2.05) is 30.3 Å². The first-order chi connectivity index (χ1) is 33.9. The summed E-state index contributed by atoms with van der Waals surface area (Å²) >= 11 is 1.08. The first-order valence-electron chi connectivity index (χ1n) is 20.2. The number of fused-ring (bicyclic) bond motifs is 4. The van der Waals surface area contributed by atoms with Crippen LogP contribution in [0.1, 0.15) is 23.1 Å². The van der Waals surface area contributed by atoms with Gasteiger partial charge in [0, 0.05) is 22.6 Å². The fourth-order valence-electron chi connectivity index (χ4n) is 6.63. The number of aromatic nitrogens is 3. The van der Waals surface area contributed by atoms with Crippen molar-refractivity contribution in [1.29, 1.82) is 5.26 Å². The molecule has 29 heteroatoms. The molecule has 24 nitrogen and oxygen atoms in total. The molecule has 72 heavy (non-hydrogen) atoms. The van der Waals surface area contributed by atoms with Gasteiger partial charge in [-0.1, -0.05) is 72.0 Å². The number of ether oxygens (including phenoxy) is 1. The van der Waals surface area contributed by atoms with Crippen molar-refractivity contribution in [3.05, 3.63) is 120 Å². The van der Waals surface area contributed by atoms with Gasteiger partial charge in [0.1, 0.15) is 33.7 Å². The molecular weight excluding hydrogens is 1040 g/mol. The Balaban J connectivity index is 0.000000867. The summed E-state index contributed by atoms with van der Waals surface area (Å²) in [5, 5.41) is 49.4. The number of imidazole rings is 1. The molecule has 0 aliphatic heterocycles. The SMILES string of the molecule is CS(=O)(=O)O.Cc1cc(N=Nc2c(C)c(C#N)c3nc4ccccc4n3c2O)c(OCCCS(=O)(=O)O)cc1N=Nc1nc(-c2ccccc2)c(N=Nc2ccc3cccc(S(=O)(=O)O)c3c2)s1.O=S(=O)=O. The molecule has 372 valence electrons. The number of benzene rings is 5. The van der Waals surface area contributed by atoms with Gasteiger partial charge in [0.15, 0.2) is 16.3 Å². The molecule has 4 N–H and O–H groups in total. The number of aromatic hydroxyl groups is 1. The molecule has 8 rings (SSSR count). The zero-order valence-electron chi connectivity index (χ0n) is 37.3. The van der Waals surface area contributed by atoms with Crippen LogP contribution in [-0.2, 0) is 41.0 Å². The molecule has 0 saturated heterocycles. The molecule has 0 aliphatic carbocycles. The summed E-state index contributed by atoms with van der Waals surface area (Å²) < 4.78 is 125. The summed E-state index contributed by atoms with van der Waals surface area (Å²) in [6, 6.07) is 30.9. The maximum Gasteiger partial charge on any atom is 0.425 e. The third-order valence-corrected chi connectivity index (χ3v) is 12.2. The lowest BCUT2D eigenvalue weighted by molar-refractivity contribution is 0.317. The van der Waals surface area contributed by atoms with Crippen molar-refractivity contribution in [2.24, 2.45) is 30.7 Å². The quantitative estimate of drug-likeness (QED) is 0.0474. The number of nitrogens with zero attached hydrogens (tertiary/aromatic N) is 10. The molecule has 0 saturated carbocycles. The van der Waals surface area contributed by atoms with Crippen molar-refractivity contribution in [3.8, 4) is 29.0 Å². The van der Waals surface area contributed by atoms with Gasteiger partial charge in [0.05, 0.1) is 41.0 Å². The van der Waals surface area contributed by atoms with Gasteiger partial charge in [-0.3, -0.25) is 18.1 Å². The smallest absolute Gasteiger partial charge is 0.425 e. The summed E-state index contributed by atoms with van der Waals surface area (Å²) in [4.78, 5) is 8.96. The lowest BCUT2D eigenvalue weighted by Crippen LogP contribution is -2.08. The standard InChI is InChI=1S/C42H32N10O8S3.CH4O3S.O3S/c1-24-20-33(48-49-37-25(2)30(23-43)39-44-31-13-6-7-14-34(31)52(39)41(37)53)35(60-18-9-19-62(54,55)56)22-32(24)47-51-42-45-38(27-10-4-3-5-11-27)40(61-42)50-46-28-17-16-26-12-8-15-36(29(26)21-28)63(57,58)59;1-5(2,3)4;1-4(2)3/h3-8,10-17,20-22,53H,9,18-19H2,1-2H3,(H,54,55,56)(H,57,58,59);1H3,(H,2,3,4);. The Labute approximate surface area is 414 Å². The highest BCUT2D eigenvalue weighted by atomic mass is 32.2. The number of hydrogen-bond donors (Lipinski definition) is 4. The van der Waals surface area contributed by atoms with Gasteiger partial charge in [-0.15, -0.1) is 43.3 Å². The van der Waals surface area contributed by atoms with Crippen molar-refractivity contribution < 1.29 is 61.4 Å². The van der Waals surface area contributed by atoms with Crippen LogP contribution in [0, 0.1) is 25.2 Å². The Bertz CT molecular complexity index is 3980. The van der Waals surface area contributed by atoms with E-state index in [1.54, 1.807) is 62.4 Å². The molecule has 0 atom stereocenters. The van der Waals surface area contributed by atoms with Gasteiger partial charge in [0.25, 0.3) is 30.4 Å². The molecule has 0 radical (unpaired) electrons. The number of rotatable bonds is 13. The van der Waals surface area contributed by atoms with Gasteiger partial charge in [0.2, 0.25) is 11.0 Å². The van der Waals surface area contributed by atoms with Crippen molar-refractivity contribution in [2.45, 2.75) is 25.2 Å². The van der Waals surface area contributed by atoms with Gasteiger partial charge >= 0.3 is 10.6 Å². The summed E-state index contributed by atoms with van der Waals surface area (Å²) in [5.74, 6) is -0.727. The molecule has 3 heterocycles. The molecule has 0 bridgehead atoms.